The van der Waals surface area contributed by atoms with Crippen molar-refractivity contribution in [1.82, 2.24) is 0 Å². The van der Waals surface area contributed by atoms with Gasteiger partial charge in [-0.25, -0.2) is 0 Å². The Bertz CT molecular complexity index is 509. The van der Waals surface area contributed by atoms with E-state index in [4.69, 9.17) is 16.3 Å². The number of rotatable bonds is 2. The van der Waals surface area contributed by atoms with Crippen LogP contribution in [-0.4, -0.2) is 12.2 Å². The third-order valence-corrected chi connectivity index (χ3v) is 2.71. The van der Waals surface area contributed by atoms with Crippen molar-refractivity contribution in [3.63, 3.8) is 0 Å². The van der Waals surface area contributed by atoms with Gasteiger partial charge in [0.2, 0.25) is 0 Å². The summed E-state index contributed by atoms with van der Waals surface area (Å²) in [6.45, 7) is 0. The minimum atomic E-state index is 0.109. The smallest absolute Gasteiger partial charge is 0.165 e. The van der Waals surface area contributed by atoms with E-state index in [2.05, 4.69) is 0 Å². The van der Waals surface area contributed by atoms with Gasteiger partial charge in [-0.1, -0.05) is 41.9 Å². The zero-order valence-electron chi connectivity index (χ0n) is 8.77. The van der Waals surface area contributed by atoms with Crippen molar-refractivity contribution in [1.29, 1.82) is 0 Å². The molecule has 0 fully saturated rings. The van der Waals surface area contributed by atoms with E-state index in [9.17, 15) is 5.11 Å². The summed E-state index contributed by atoms with van der Waals surface area (Å²) in [6, 6.07) is 12.7. The second kappa shape index (κ2) is 4.45. The summed E-state index contributed by atoms with van der Waals surface area (Å²) < 4.78 is 5.05. The van der Waals surface area contributed by atoms with Crippen LogP contribution in [0.15, 0.2) is 42.5 Å². The van der Waals surface area contributed by atoms with Gasteiger partial charge in [-0.2, -0.15) is 0 Å². The van der Waals surface area contributed by atoms with Crippen LogP contribution in [0.1, 0.15) is 0 Å². The van der Waals surface area contributed by atoms with Gasteiger partial charge in [0.1, 0.15) is 0 Å². The Labute approximate surface area is 99.1 Å². The number of halogens is 1. The molecule has 3 heteroatoms. The minimum absolute atomic E-state index is 0.109. The van der Waals surface area contributed by atoms with Crippen molar-refractivity contribution < 1.29 is 9.84 Å². The highest BCUT2D eigenvalue weighted by molar-refractivity contribution is 6.33. The third kappa shape index (κ3) is 1.84. The zero-order valence-corrected chi connectivity index (χ0v) is 9.53. The summed E-state index contributed by atoms with van der Waals surface area (Å²) in [4.78, 5) is 0. The average Bonchev–Trinajstić information content (AvgIpc) is 2.31. The predicted molar refractivity (Wildman–Crippen MR) is 65.1 cm³/mol. The average molecular weight is 235 g/mol. The number of para-hydroxylation sites is 1. The molecule has 2 nitrogen and oxygen atoms in total. The van der Waals surface area contributed by atoms with E-state index in [1.54, 1.807) is 18.2 Å². The molecular weight excluding hydrogens is 224 g/mol. The molecule has 0 radical (unpaired) electrons. The first-order chi connectivity index (χ1) is 7.74. The van der Waals surface area contributed by atoms with Crippen LogP contribution in [0.25, 0.3) is 11.1 Å². The Morgan fingerprint density at radius 2 is 1.69 bits per heavy atom. The number of hydrogen-bond donors (Lipinski definition) is 1. The summed E-state index contributed by atoms with van der Waals surface area (Å²) >= 11 is 6.07. The van der Waals surface area contributed by atoms with Gasteiger partial charge in [0, 0.05) is 16.1 Å². The van der Waals surface area contributed by atoms with E-state index >= 15 is 0 Å². The van der Waals surface area contributed by atoms with E-state index in [1.807, 2.05) is 24.3 Å². The van der Waals surface area contributed by atoms with E-state index in [0.717, 1.165) is 5.56 Å². The van der Waals surface area contributed by atoms with Gasteiger partial charge in [-0.15, -0.1) is 0 Å². The van der Waals surface area contributed by atoms with Crippen molar-refractivity contribution in [3.8, 4) is 22.6 Å². The standard InChI is InChI=1S/C13H11ClO2/c1-16-12-8-4-6-10(13(12)15)9-5-2-3-7-11(9)14/h2-8,15H,1H3. The Balaban J connectivity index is 2.61. The van der Waals surface area contributed by atoms with Crippen LogP contribution < -0.4 is 4.74 Å². The second-order valence-corrected chi connectivity index (χ2v) is 3.74. The SMILES string of the molecule is COc1cccc(-c2ccccc2Cl)c1O. The fraction of sp³-hybridized carbons (Fsp3) is 0.0769. The second-order valence-electron chi connectivity index (χ2n) is 3.34. The first kappa shape index (κ1) is 10.8. The highest BCUT2D eigenvalue weighted by Gasteiger charge is 2.11. The van der Waals surface area contributed by atoms with Gasteiger partial charge >= 0.3 is 0 Å². The Morgan fingerprint density at radius 1 is 1.00 bits per heavy atom. The van der Waals surface area contributed by atoms with Crippen LogP contribution in [0.5, 0.6) is 11.5 Å². The Kier molecular flexibility index (Phi) is 3.02. The molecule has 0 bridgehead atoms. The number of aromatic hydroxyl groups is 1. The lowest BCUT2D eigenvalue weighted by molar-refractivity contribution is 0.374. The molecule has 0 atom stereocenters. The zero-order chi connectivity index (χ0) is 11.5. The predicted octanol–water partition coefficient (Wildman–Crippen LogP) is 3.72. The molecule has 0 aliphatic heterocycles. The molecular formula is C13H11ClO2. The van der Waals surface area contributed by atoms with E-state index in [0.29, 0.717) is 16.3 Å². The summed E-state index contributed by atoms with van der Waals surface area (Å²) in [6.07, 6.45) is 0. The van der Waals surface area contributed by atoms with Gasteiger partial charge in [-0.05, 0) is 12.1 Å². The number of benzene rings is 2. The largest absolute Gasteiger partial charge is 0.504 e. The van der Waals surface area contributed by atoms with Crippen LogP contribution in [0.4, 0.5) is 0 Å². The first-order valence-electron chi connectivity index (χ1n) is 4.85. The van der Waals surface area contributed by atoms with Crippen LogP contribution in [0.3, 0.4) is 0 Å². The molecule has 2 aromatic carbocycles. The molecule has 2 aromatic rings. The Hall–Kier alpha value is -1.67. The summed E-state index contributed by atoms with van der Waals surface area (Å²) in [5.41, 5.74) is 1.46. The number of hydrogen-bond acceptors (Lipinski definition) is 2. The summed E-state index contributed by atoms with van der Waals surface area (Å²) in [5, 5.41) is 10.6. The van der Waals surface area contributed by atoms with E-state index < -0.39 is 0 Å². The molecule has 16 heavy (non-hydrogen) atoms. The molecule has 0 aliphatic rings. The van der Waals surface area contributed by atoms with Gasteiger partial charge in [0.05, 0.1) is 7.11 Å². The summed E-state index contributed by atoms with van der Waals surface area (Å²) in [7, 11) is 1.52. The fourth-order valence-electron chi connectivity index (χ4n) is 1.58. The normalized spacial score (nSPS) is 10.1. The van der Waals surface area contributed by atoms with E-state index in [1.165, 1.54) is 7.11 Å². The van der Waals surface area contributed by atoms with Crippen molar-refractivity contribution in [2.24, 2.45) is 0 Å². The van der Waals surface area contributed by atoms with Gasteiger partial charge in [-0.3, -0.25) is 0 Å². The van der Waals surface area contributed by atoms with E-state index in [-0.39, 0.29) is 5.75 Å². The van der Waals surface area contributed by atoms with Crippen LogP contribution in [-0.2, 0) is 0 Å². The molecule has 2 rings (SSSR count). The van der Waals surface area contributed by atoms with Gasteiger partial charge in [0.25, 0.3) is 0 Å². The molecule has 0 aromatic heterocycles. The molecule has 0 spiro atoms. The van der Waals surface area contributed by atoms with Crippen LogP contribution in [0, 0.1) is 0 Å². The quantitative estimate of drug-likeness (QED) is 0.858. The lowest BCUT2D eigenvalue weighted by Gasteiger charge is -2.09. The minimum Gasteiger partial charge on any atom is -0.504 e. The Morgan fingerprint density at radius 3 is 2.38 bits per heavy atom. The maximum atomic E-state index is 9.98. The summed E-state index contributed by atoms with van der Waals surface area (Å²) in [5.74, 6) is 0.551. The monoisotopic (exact) mass is 234 g/mol. The molecule has 0 aliphatic carbocycles. The van der Waals surface area contributed by atoms with Gasteiger partial charge < -0.3 is 9.84 Å². The first-order valence-corrected chi connectivity index (χ1v) is 5.22. The molecule has 0 saturated carbocycles. The fourth-order valence-corrected chi connectivity index (χ4v) is 1.82. The number of methoxy groups -OCH3 is 1. The van der Waals surface area contributed by atoms with Crippen molar-refractivity contribution >= 4 is 11.6 Å². The van der Waals surface area contributed by atoms with Crippen molar-refractivity contribution in [2.45, 2.75) is 0 Å². The van der Waals surface area contributed by atoms with Gasteiger partial charge in [0.15, 0.2) is 11.5 Å². The molecule has 0 amide bonds. The lowest BCUT2D eigenvalue weighted by atomic mass is 10.0. The van der Waals surface area contributed by atoms with Crippen molar-refractivity contribution in [2.75, 3.05) is 7.11 Å². The molecule has 82 valence electrons. The number of phenolic OH excluding ortho intramolecular Hbond substituents is 1. The maximum Gasteiger partial charge on any atom is 0.165 e. The number of ether oxygens (including phenoxy) is 1. The number of phenols is 1. The van der Waals surface area contributed by atoms with Crippen LogP contribution in [0.2, 0.25) is 5.02 Å². The molecule has 0 unspecified atom stereocenters. The van der Waals surface area contributed by atoms with Crippen molar-refractivity contribution in [3.05, 3.63) is 47.5 Å². The molecule has 0 heterocycles. The molecule has 0 saturated heterocycles. The van der Waals surface area contributed by atoms with Crippen LogP contribution >= 0.6 is 11.6 Å². The maximum absolute atomic E-state index is 9.98. The molecule has 1 N–H and O–H groups in total. The topological polar surface area (TPSA) is 29.5 Å². The lowest BCUT2D eigenvalue weighted by Crippen LogP contribution is -1.86. The highest BCUT2D eigenvalue weighted by Crippen LogP contribution is 2.39. The highest BCUT2D eigenvalue weighted by atomic mass is 35.5. The third-order valence-electron chi connectivity index (χ3n) is 2.38.